The molecule has 0 amide bonds. The van der Waals surface area contributed by atoms with E-state index in [1.54, 1.807) is 44.9 Å². The third kappa shape index (κ3) is 6.82. The Kier molecular flexibility index (Phi) is 8.93. The maximum Gasteiger partial charge on any atom is 0.200 e. The zero-order valence-corrected chi connectivity index (χ0v) is 25.9. The van der Waals surface area contributed by atoms with Crippen LogP contribution in [0.25, 0.3) is 33.4 Å². The van der Waals surface area contributed by atoms with Crippen LogP contribution in [0.5, 0.6) is 11.5 Å². The molecule has 4 aromatic carbocycles. The SMILES string of the molecule is COc1ccc(-c2cnc(N)c(-c3ccc(CC(=O)c4cn(Cc5ccccc5)cc(-c5ccc(F)cc5)c4=O)cc3)c2)cc1OC. The normalized spacial score (nSPS) is 10.9. The number of ether oxygens (including phenoxy) is 2. The van der Waals surface area contributed by atoms with Crippen molar-refractivity contribution >= 4 is 11.6 Å². The number of benzene rings is 4. The molecule has 6 aromatic rings. The summed E-state index contributed by atoms with van der Waals surface area (Å²) >= 11 is 0. The number of rotatable bonds is 10. The lowest BCUT2D eigenvalue weighted by molar-refractivity contribution is 0.0991. The summed E-state index contributed by atoms with van der Waals surface area (Å²) in [5.74, 6) is 0.883. The molecule has 0 aliphatic rings. The zero-order chi connectivity index (χ0) is 32.9. The van der Waals surface area contributed by atoms with Gasteiger partial charge in [-0.2, -0.15) is 0 Å². The minimum atomic E-state index is -0.403. The van der Waals surface area contributed by atoms with E-state index in [-0.39, 0.29) is 17.8 Å². The predicted octanol–water partition coefficient (Wildman–Crippen LogP) is 7.46. The Hall–Kier alpha value is -6.02. The number of hydrogen-bond acceptors (Lipinski definition) is 6. The van der Waals surface area contributed by atoms with Gasteiger partial charge in [0.1, 0.15) is 11.6 Å². The first-order chi connectivity index (χ1) is 22.8. The van der Waals surface area contributed by atoms with Crippen LogP contribution >= 0.6 is 0 Å². The Morgan fingerprint density at radius 1 is 0.745 bits per heavy atom. The van der Waals surface area contributed by atoms with Crippen LogP contribution in [0.4, 0.5) is 10.2 Å². The van der Waals surface area contributed by atoms with Crippen LogP contribution in [0.2, 0.25) is 0 Å². The number of pyridine rings is 2. The number of anilines is 1. The zero-order valence-electron chi connectivity index (χ0n) is 25.9. The number of nitrogens with zero attached hydrogens (tertiary/aromatic N) is 2. The van der Waals surface area contributed by atoms with Gasteiger partial charge in [-0.25, -0.2) is 9.37 Å². The van der Waals surface area contributed by atoms with E-state index in [9.17, 15) is 14.0 Å². The molecule has 0 saturated heterocycles. The monoisotopic (exact) mass is 625 g/mol. The summed E-state index contributed by atoms with van der Waals surface area (Å²) in [7, 11) is 3.17. The first kappa shape index (κ1) is 31.0. The smallest absolute Gasteiger partial charge is 0.200 e. The highest BCUT2D eigenvalue weighted by molar-refractivity contribution is 5.98. The summed E-state index contributed by atoms with van der Waals surface area (Å²) in [6.07, 6.45) is 5.04. The van der Waals surface area contributed by atoms with Crippen LogP contribution in [-0.4, -0.2) is 29.6 Å². The number of aromatic nitrogens is 2. The molecule has 7 nitrogen and oxygen atoms in total. The third-order valence-electron chi connectivity index (χ3n) is 8.01. The van der Waals surface area contributed by atoms with Crippen molar-refractivity contribution in [1.82, 2.24) is 9.55 Å². The van der Waals surface area contributed by atoms with E-state index < -0.39 is 11.2 Å². The Labute approximate surface area is 271 Å². The molecule has 0 unspecified atom stereocenters. The van der Waals surface area contributed by atoms with Gasteiger partial charge in [-0.05, 0) is 58.1 Å². The molecule has 2 N–H and O–H groups in total. The fraction of sp³-hybridized carbons (Fsp3) is 0.103. The number of methoxy groups -OCH3 is 2. The molecular weight excluding hydrogens is 593 g/mol. The molecule has 0 fully saturated rings. The maximum absolute atomic E-state index is 13.7. The standard InChI is InChI=1S/C39H32FN3O4/c1-46-36-17-14-29(20-37(36)47-2)30-19-32(39(41)42-21-30)27-10-8-25(9-11-27)18-35(44)34-24-43(22-26-6-4-3-5-7-26)23-33(38(34)45)28-12-15-31(40)16-13-28/h3-17,19-21,23-24H,18,22H2,1-2H3,(H2,41,42). The Bertz CT molecular complexity index is 2110. The van der Waals surface area contributed by atoms with Gasteiger partial charge < -0.3 is 19.8 Å². The van der Waals surface area contributed by atoms with Crippen LogP contribution in [0.15, 0.2) is 127 Å². The van der Waals surface area contributed by atoms with Gasteiger partial charge in [-0.3, -0.25) is 9.59 Å². The van der Waals surface area contributed by atoms with Crippen molar-refractivity contribution in [2.75, 3.05) is 20.0 Å². The number of carbonyl (C=O) groups excluding carboxylic acids is 1. The first-order valence-electron chi connectivity index (χ1n) is 15.0. The second-order valence-corrected chi connectivity index (χ2v) is 11.1. The molecule has 0 aliphatic carbocycles. The molecule has 0 bridgehead atoms. The second-order valence-electron chi connectivity index (χ2n) is 11.1. The molecule has 2 heterocycles. The molecular formula is C39H32FN3O4. The fourth-order valence-corrected chi connectivity index (χ4v) is 5.51. The highest BCUT2D eigenvalue weighted by atomic mass is 19.1. The van der Waals surface area contributed by atoms with Gasteiger partial charge >= 0.3 is 0 Å². The third-order valence-corrected chi connectivity index (χ3v) is 8.01. The van der Waals surface area contributed by atoms with Crippen LogP contribution in [0.3, 0.4) is 0 Å². The van der Waals surface area contributed by atoms with Crippen molar-refractivity contribution < 1.29 is 18.7 Å². The fourth-order valence-electron chi connectivity index (χ4n) is 5.51. The molecule has 0 atom stereocenters. The van der Waals surface area contributed by atoms with Crippen LogP contribution in [-0.2, 0) is 13.0 Å². The van der Waals surface area contributed by atoms with E-state index in [2.05, 4.69) is 4.98 Å². The van der Waals surface area contributed by atoms with Gasteiger partial charge in [0.2, 0.25) is 0 Å². The van der Waals surface area contributed by atoms with E-state index in [4.69, 9.17) is 15.2 Å². The summed E-state index contributed by atoms with van der Waals surface area (Å²) < 4.78 is 26.3. The minimum absolute atomic E-state index is 0.0210. The Morgan fingerprint density at radius 2 is 1.40 bits per heavy atom. The van der Waals surface area contributed by atoms with E-state index in [0.717, 1.165) is 33.4 Å². The summed E-state index contributed by atoms with van der Waals surface area (Å²) in [6, 6.07) is 30.5. The van der Waals surface area contributed by atoms with Crippen molar-refractivity contribution in [2.45, 2.75) is 13.0 Å². The number of hydrogen-bond donors (Lipinski definition) is 1. The van der Waals surface area contributed by atoms with E-state index >= 15 is 0 Å². The average Bonchev–Trinajstić information content (AvgIpc) is 3.10. The lowest BCUT2D eigenvalue weighted by atomic mass is 9.97. The second kappa shape index (κ2) is 13.5. The van der Waals surface area contributed by atoms with Gasteiger partial charge in [-0.1, -0.05) is 72.8 Å². The van der Waals surface area contributed by atoms with Gasteiger partial charge in [0.05, 0.1) is 19.8 Å². The quantitative estimate of drug-likeness (QED) is 0.159. The molecule has 2 aromatic heterocycles. The highest BCUT2D eigenvalue weighted by Crippen LogP contribution is 2.35. The van der Waals surface area contributed by atoms with E-state index in [1.807, 2.05) is 83.4 Å². The Balaban J connectivity index is 1.28. The summed E-state index contributed by atoms with van der Waals surface area (Å²) in [4.78, 5) is 31.7. The van der Waals surface area contributed by atoms with Gasteiger partial charge in [0.15, 0.2) is 22.7 Å². The molecule has 0 radical (unpaired) electrons. The maximum atomic E-state index is 13.7. The Morgan fingerprint density at radius 3 is 2.11 bits per heavy atom. The van der Waals surface area contributed by atoms with E-state index in [1.165, 1.54) is 12.1 Å². The molecule has 0 saturated carbocycles. The van der Waals surface area contributed by atoms with Crippen molar-refractivity contribution in [3.05, 3.63) is 154 Å². The lowest BCUT2D eigenvalue weighted by Crippen LogP contribution is -2.21. The number of Topliss-reactive ketones (excluding diaryl/α,β-unsaturated/α-hetero) is 1. The first-order valence-corrected chi connectivity index (χ1v) is 15.0. The summed E-state index contributed by atoms with van der Waals surface area (Å²) in [5.41, 5.74) is 11.9. The van der Waals surface area contributed by atoms with Crippen LogP contribution < -0.4 is 20.6 Å². The minimum Gasteiger partial charge on any atom is -0.493 e. The number of carbonyl (C=O) groups is 1. The van der Waals surface area contributed by atoms with Crippen LogP contribution in [0.1, 0.15) is 21.5 Å². The van der Waals surface area contributed by atoms with Gasteiger partial charge in [0, 0.05) is 48.2 Å². The molecule has 47 heavy (non-hydrogen) atoms. The highest BCUT2D eigenvalue weighted by Gasteiger charge is 2.18. The van der Waals surface area contributed by atoms with E-state index in [0.29, 0.717) is 35.0 Å². The number of nitrogens with two attached hydrogens (primary N) is 1. The predicted molar refractivity (Wildman–Crippen MR) is 182 cm³/mol. The molecule has 0 spiro atoms. The van der Waals surface area contributed by atoms with Gasteiger partial charge in [0.25, 0.3) is 0 Å². The topological polar surface area (TPSA) is 96.4 Å². The van der Waals surface area contributed by atoms with Crippen molar-refractivity contribution in [3.63, 3.8) is 0 Å². The number of ketones is 1. The van der Waals surface area contributed by atoms with Crippen molar-refractivity contribution in [1.29, 1.82) is 0 Å². The average molecular weight is 626 g/mol. The molecule has 234 valence electrons. The van der Waals surface area contributed by atoms with Crippen LogP contribution in [0, 0.1) is 5.82 Å². The molecule has 8 heteroatoms. The molecule has 0 aliphatic heterocycles. The number of nitrogen functional groups attached to an aromatic ring is 1. The largest absolute Gasteiger partial charge is 0.493 e. The van der Waals surface area contributed by atoms with Gasteiger partial charge in [-0.15, -0.1) is 0 Å². The summed E-state index contributed by atoms with van der Waals surface area (Å²) in [6.45, 7) is 0.460. The molecule has 6 rings (SSSR count). The van der Waals surface area contributed by atoms with Crippen molar-refractivity contribution in [2.24, 2.45) is 0 Å². The lowest BCUT2D eigenvalue weighted by Gasteiger charge is -2.13. The summed E-state index contributed by atoms with van der Waals surface area (Å²) in [5, 5.41) is 0. The number of halogens is 1. The van der Waals surface area contributed by atoms with Crippen molar-refractivity contribution in [3.8, 4) is 44.9 Å².